The molecule has 1 unspecified atom stereocenters. The molecular formula is C11H14BrClN2O2S. The number of halogens is 2. The fourth-order valence-electron chi connectivity index (χ4n) is 2.01. The Bertz CT molecular complexity index is 550. The van der Waals surface area contributed by atoms with Gasteiger partial charge in [-0.3, -0.25) is 0 Å². The van der Waals surface area contributed by atoms with Crippen LogP contribution in [0.1, 0.15) is 12.8 Å². The van der Waals surface area contributed by atoms with Gasteiger partial charge >= 0.3 is 0 Å². The first-order chi connectivity index (χ1) is 8.41. The van der Waals surface area contributed by atoms with Crippen molar-refractivity contribution in [3.8, 4) is 0 Å². The highest BCUT2D eigenvalue weighted by Gasteiger charge is 2.30. The van der Waals surface area contributed by atoms with Crippen molar-refractivity contribution in [3.63, 3.8) is 0 Å². The monoisotopic (exact) mass is 352 g/mol. The van der Waals surface area contributed by atoms with Crippen LogP contribution in [0.25, 0.3) is 0 Å². The van der Waals surface area contributed by atoms with Crippen LogP contribution in [0.2, 0.25) is 5.02 Å². The molecule has 1 aromatic rings. The average molecular weight is 354 g/mol. The van der Waals surface area contributed by atoms with Crippen LogP contribution in [-0.2, 0) is 10.0 Å². The first-order valence-corrected chi connectivity index (χ1v) is 8.23. The van der Waals surface area contributed by atoms with Crippen molar-refractivity contribution in [2.45, 2.75) is 23.8 Å². The van der Waals surface area contributed by atoms with Gasteiger partial charge in [0.2, 0.25) is 10.0 Å². The molecule has 1 atom stereocenters. The highest BCUT2D eigenvalue weighted by molar-refractivity contribution is 9.10. The lowest BCUT2D eigenvalue weighted by Crippen LogP contribution is -2.45. The maximum Gasteiger partial charge on any atom is 0.244 e. The van der Waals surface area contributed by atoms with E-state index in [4.69, 9.17) is 17.3 Å². The van der Waals surface area contributed by atoms with Gasteiger partial charge in [0.25, 0.3) is 0 Å². The fourth-order valence-corrected chi connectivity index (χ4v) is 4.55. The number of nitrogens with two attached hydrogens (primary N) is 1. The standard InChI is InChI=1S/C11H14BrClN2O2S/c12-8-3-4-10(13)11(6-8)18(16,17)15-5-1-2-9(14)7-15/h3-4,6,9H,1-2,5,7,14H2. The second kappa shape index (κ2) is 5.46. The number of nitrogens with zero attached hydrogens (tertiary/aromatic N) is 1. The maximum absolute atomic E-state index is 12.5. The number of hydrogen-bond donors (Lipinski definition) is 1. The van der Waals surface area contributed by atoms with Gasteiger partial charge in [0.05, 0.1) is 5.02 Å². The molecule has 1 fully saturated rings. The Morgan fingerprint density at radius 3 is 2.83 bits per heavy atom. The van der Waals surface area contributed by atoms with Gasteiger partial charge in [0, 0.05) is 23.6 Å². The molecule has 0 spiro atoms. The van der Waals surface area contributed by atoms with Crippen molar-refractivity contribution in [2.75, 3.05) is 13.1 Å². The molecule has 1 heterocycles. The topological polar surface area (TPSA) is 63.4 Å². The van der Waals surface area contributed by atoms with Gasteiger partial charge in [-0.15, -0.1) is 0 Å². The van der Waals surface area contributed by atoms with Crippen molar-refractivity contribution in [1.82, 2.24) is 4.31 Å². The van der Waals surface area contributed by atoms with Crippen LogP contribution >= 0.6 is 27.5 Å². The normalized spacial score (nSPS) is 22.1. The predicted octanol–water partition coefficient (Wildman–Crippen LogP) is 2.21. The molecule has 0 radical (unpaired) electrons. The molecule has 2 N–H and O–H groups in total. The van der Waals surface area contributed by atoms with Crippen LogP contribution in [0.4, 0.5) is 0 Å². The Hall–Kier alpha value is -0.140. The molecule has 0 saturated carbocycles. The zero-order valence-electron chi connectivity index (χ0n) is 9.64. The van der Waals surface area contributed by atoms with Crippen molar-refractivity contribution < 1.29 is 8.42 Å². The smallest absolute Gasteiger partial charge is 0.244 e. The third kappa shape index (κ3) is 2.88. The Kier molecular flexibility index (Phi) is 4.33. The predicted molar refractivity (Wildman–Crippen MR) is 75.1 cm³/mol. The molecule has 2 rings (SSSR count). The summed E-state index contributed by atoms with van der Waals surface area (Å²) >= 11 is 9.24. The first kappa shape index (κ1) is 14.3. The summed E-state index contributed by atoms with van der Waals surface area (Å²) in [6.07, 6.45) is 1.64. The molecule has 1 saturated heterocycles. The number of hydrogen-bond acceptors (Lipinski definition) is 3. The van der Waals surface area contributed by atoms with E-state index in [0.29, 0.717) is 17.6 Å². The van der Waals surface area contributed by atoms with Gasteiger partial charge in [0.1, 0.15) is 4.90 Å². The molecule has 100 valence electrons. The first-order valence-electron chi connectivity index (χ1n) is 5.62. The highest BCUT2D eigenvalue weighted by atomic mass is 79.9. The van der Waals surface area contributed by atoms with Crippen molar-refractivity contribution >= 4 is 37.6 Å². The summed E-state index contributed by atoms with van der Waals surface area (Å²) < 4.78 is 27.0. The molecule has 18 heavy (non-hydrogen) atoms. The number of sulfonamides is 1. The Morgan fingerprint density at radius 1 is 1.44 bits per heavy atom. The minimum Gasteiger partial charge on any atom is -0.327 e. The van der Waals surface area contributed by atoms with Gasteiger partial charge in [-0.2, -0.15) is 4.31 Å². The minimum atomic E-state index is -3.56. The van der Waals surface area contributed by atoms with Crippen LogP contribution in [0.15, 0.2) is 27.6 Å². The van der Waals surface area contributed by atoms with Crippen molar-refractivity contribution in [2.24, 2.45) is 5.73 Å². The van der Waals surface area contributed by atoms with E-state index in [1.807, 2.05) is 0 Å². The third-order valence-electron chi connectivity index (χ3n) is 2.93. The molecule has 0 aliphatic carbocycles. The zero-order chi connectivity index (χ0) is 13.3. The van der Waals surface area contributed by atoms with E-state index in [9.17, 15) is 8.42 Å². The van der Waals surface area contributed by atoms with Crippen LogP contribution < -0.4 is 5.73 Å². The van der Waals surface area contributed by atoms with Crippen molar-refractivity contribution in [1.29, 1.82) is 0 Å². The maximum atomic E-state index is 12.5. The second-order valence-electron chi connectivity index (χ2n) is 4.34. The lowest BCUT2D eigenvalue weighted by Gasteiger charge is -2.30. The lowest BCUT2D eigenvalue weighted by atomic mass is 10.1. The van der Waals surface area contributed by atoms with Crippen LogP contribution in [0.5, 0.6) is 0 Å². The summed E-state index contributed by atoms with van der Waals surface area (Å²) in [5, 5.41) is 0.234. The van der Waals surface area contributed by atoms with E-state index in [1.54, 1.807) is 12.1 Å². The van der Waals surface area contributed by atoms with Gasteiger partial charge in [-0.1, -0.05) is 27.5 Å². The molecule has 4 nitrogen and oxygen atoms in total. The number of benzene rings is 1. The average Bonchev–Trinajstić information content (AvgIpc) is 2.32. The molecule has 7 heteroatoms. The van der Waals surface area contributed by atoms with Gasteiger partial charge in [-0.05, 0) is 31.0 Å². The summed E-state index contributed by atoms with van der Waals surface area (Å²) in [4.78, 5) is 0.132. The molecule has 0 bridgehead atoms. The summed E-state index contributed by atoms with van der Waals surface area (Å²) in [6, 6.07) is 4.71. The van der Waals surface area contributed by atoms with E-state index in [-0.39, 0.29) is 16.0 Å². The summed E-state index contributed by atoms with van der Waals surface area (Å²) in [5.74, 6) is 0. The van der Waals surface area contributed by atoms with E-state index in [2.05, 4.69) is 15.9 Å². The van der Waals surface area contributed by atoms with Gasteiger partial charge in [0.15, 0.2) is 0 Å². The summed E-state index contributed by atoms with van der Waals surface area (Å²) in [5.41, 5.74) is 5.82. The molecular weight excluding hydrogens is 340 g/mol. The molecule has 0 aromatic heterocycles. The van der Waals surface area contributed by atoms with E-state index in [1.165, 1.54) is 10.4 Å². The zero-order valence-corrected chi connectivity index (χ0v) is 12.8. The number of rotatable bonds is 2. The third-order valence-corrected chi connectivity index (χ3v) is 5.77. The van der Waals surface area contributed by atoms with Crippen LogP contribution in [0.3, 0.4) is 0 Å². The van der Waals surface area contributed by atoms with E-state index in [0.717, 1.165) is 12.8 Å². The minimum absolute atomic E-state index is 0.0977. The van der Waals surface area contributed by atoms with Gasteiger partial charge in [-0.25, -0.2) is 8.42 Å². The Balaban J connectivity index is 2.38. The number of piperidine rings is 1. The molecule has 1 aliphatic rings. The summed E-state index contributed by atoms with van der Waals surface area (Å²) in [6.45, 7) is 0.851. The lowest BCUT2D eigenvalue weighted by molar-refractivity contribution is 0.316. The largest absolute Gasteiger partial charge is 0.327 e. The van der Waals surface area contributed by atoms with Crippen LogP contribution in [-0.4, -0.2) is 31.9 Å². The second-order valence-corrected chi connectivity index (χ2v) is 7.57. The molecule has 0 amide bonds. The SMILES string of the molecule is NC1CCCN(S(=O)(=O)c2cc(Br)ccc2Cl)C1. The van der Waals surface area contributed by atoms with Crippen molar-refractivity contribution in [3.05, 3.63) is 27.7 Å². The van der Waals surface area contributed by atoms with Gasteiger partial charge < -0.3 is 5.73 Å². The summed E-state index contributed by atoms with van der Waals surface area (Å²) in [7, 11) is -3.56. The van der Waals surface area contributed by atoms with Crippen LogP contribution in [0, 0.1) is 0 Å². The van der Waals surface area contributed by atoms with E-state index >= 15 is 0 Å². The Morgan fingerprint density at radius 2 is 2.17 bits per heavy atom. The quantitative estimate of drug-likeness (QED) is 0.886. The highest BCUT2D eigenvalue weighted by Crippen LogP contribution is 2.29. The van der Waals surface area contributed by atoms with E-state index < -0.39 is 10.0 Å². The fraction of sp³-hybridized carbons (Fsp3) is 0.455. The molecule has 1 aromatic carbocycles. The molecule has 1 aliphatic heterocycles. The Labute approximate surface area is 120 Å².